The van der Waals surface area contributed by atoms with E-state index >= 15 is 0 Å². The van der Waals surface area contributed by atoms with Crippen molar-refractivity contribution in [3.8, 4) is 17.3 Å². The Kier molecular flexibility index (Phi) is 14.4. The van der Waals surface area contributed by atoms with Gasteiger partial charge in [0.1, 0.15) is 6.07 Å². The summed E-state index contributed by atoms with van der Waals surface area (Å²) >= 11 is 1.75. The van der Waals surface area contributed by atoms with Crippen molar-refractivity contribution in [1.82, 2.24) is 4.98 Å². The average Bonchev–Trinajstić information content (AvgIpc) is 3.44. The van der Waals surface area contributed by atoms with Crippen LogP contribution in [0.2, 0.25) is 0 Å². The van der Waals surface area contributed by atoms with Gasteiger partial charge in [-0.15, -0.1) is 46.2 Å². The molecule has 0 saturated heterocycles. The molecule has 0 aliphatic rings. The maximum atomic E-state index is 11.7. The van der Waals surface area contributed by atoms with E-state index in [4.69, 9.17) is 4.98 Å². The zero-order valence-corrected chi connectivity index (χ0v) is 35.6. The largest absolute Gasteiger partial charge is 0.512 e. The average molecular weight is 880 g/mol. The first-order valence-electron chi connectivity index (χ1n) is 18.2. The van der Waals surface area contributed by atoms with Crippen molar-refractivity contribution in [2.24, 2.45) is 17.3 Å². The number of allylic oxidation sites excluding steroid dienone is 2. The van der Waals surface area contributed by atoms with Crippen LogP contribution in [0.25, 0.3) is 42.2 Å². The molecule has 0 spiro atoms. The number of benzene rings is 3. The SMILES string of the molecule is CCC(CC)C(=O)/C=C(\O)C(CC)CC.Cc1[c-]c(-c2ncc(C#N)c3c2sc2c4ccc(CC(C)(C)C)cc4ccc23)cc(C(C)(C)C)c1.[Ir]. The molecular weight excluding hydrogens is 825 g/mol. The molecule has 0 bridgehead atoms. The van der Waals surface area contributed by atoms with Crippen molar-refractivity contribution in [2.45, 2.75) is 114 Å². The molecule has 1 N–H and O–H groups in total. The van der Waals surface area contributed by atoms with E-state index in [9.17, 15) is 15.2 Å². The predicted molar refractivity (Wildman–Crippen MR) is 214 cm³/mol. The van der Waals surface area contributed by atoms with Gasteiger partial charge in [-0.2, -0.15) is 5.26 Å². The van der Waals surface area contributed by atoms with Crippen molar-refractivity contribution in [2.75, 3.05) is 0 Å². The number of ketones is 1. The number of carbonyl (C=O) groups excluding carboxylic acids is 1. The number of hydrogen-bond acceptors (Lipinski definition) is 5. The van der Waals surface area contributed by atoms with Crippen LogP contribution in [0.3, 0.4) is 0 Å². The van der Waals surface area contributed by atoms with E-state index < -0.39 is 0 Å². The Morgan fingerprint density at radius 1 is 0.922 bits per heavy atom. The van der Waals surface area contributed by atoms with Gasteiger partial charge in [0, 0.05) is 70.1 Å². The van der Waals surface area contributed by atoms with E-state index in [-0.39, 0.29) is 54.3 Å². The van der Waals surface area contributed by atoms with Gasteiger partial charge >= 0.3 is 0 Å². The number of fused-ring (bicyclic) bond motifs is 5. The molecule has 5 aromatic rings. The molecule has 51 heavy (non-hydrogen) atoms. The number of aliphatic hydroxyl groups excluding tert-OH is 1. The van der Waals surface area contributed by atoms with E-state index in [1.807, 2.05) is 27.7 Å². The molecule has 0 saturated carbocycles. The van der Waals surface area contributed by atoms with Gasteiger partial charge in [0.05, 0.1) is 11.3 Å². The van der Waals surface area contributed by atoms with E-state index in [0.29, 0.717) is 5.56 Å². The third-order valence-corrected chi connectivity index (χ3v) is 10.8. The molecule has 1 radical (unpaired) electrons. The monoisotopic (exact) mass is 880 g/mol. The van der Waals surface area contributed by atoms with Gasteiger partial charge in [0.2, 0.25) is 0 Å². The number of aromatic nitrogens is 1. The molecule has 2 heterocycles. The van der Waals surface area contributed by atoms with Gasteiger partial charge in [0.25, 0.3) is 0 Å². The van der Waals surface area contributed by atoms with Gasteiger partial charge in [-0.05, 0) is 59.3 Å². The Balaban J connectivity index is 0.000000374. The van der Waals surface area contributed by atoms with Gasteiger partial charge in [-0.25, -0.2) is 0 Å². The number of carbonyl (C=O) groups is 1. The minimum absolute atomic E-state index is 0. The summed E-state index contributed by atoms with van der Waals surface area (Å²) in [6.07, 6.45) is 7.68. The molecule has 6 heteroatoms. The van der Waals surface area contributed by atoms with Crippen LogP contribution in [0.5, 0.6) is 0 Å². The second-order valence-corrected chi connectivity index (χ2v) is 16.9. The molecule has 0 aliphatic heterocycles. The maximum Gasteiger partial charge on any atom is 0.162 e. The number of rotatable bonds is 9. The molecule has 0 fully saturated rings. The number of aryl methyl sites for hydroxylation is 1. The summed E-state index contributed by atoms with van der Waals surface area (Å²) in [5.41, 5.74) is 6.53. The molecular formula is C45H55IrN2O2S-. The second-order valence-electron chi connectivity index (χ2n) is 15.9. The van der Waals surface area contributed by atoms with E-state index in [0.717, 1.165) is 64.4 Å². The van der Waals surface area contributed by atoms with Crippen LogP contribution in [-0.4, -0.2) is 15.9 Å². The summed E-state index contributed by atoms with van der Waals surface area (Å²) in [5, 5.41) is 24.3. The first kappa shape index (κ1) is 42.1. The molecule has 273 valence electrons. The summed E-state index contributed by atoms with van der Waals surface area (Å²) in [6, 6.07) is 21.6. The van der Waals surface area contributed by atoms with Crippen LogP contribution < -0.4 is 0 Å². The third-order valence-electron chi connectivity index (χ3n) is 9.60. The van der Waals surface area contributed by atoms with Gasteiger partial charge in [-0.3, -0.25) is 4.79 Å². The van der Waals surface area contributed by atoms with Crippen molar-refractivity contribution in [3.05, 3.63) is 88.8 Å². The third kappa shape index (κ3) is 9.95. The summed E-state index contributed by atoms with van der Waals surface area (Å²) in [6.45, 7) is 23.7. The standard InChI is InChI=1S/C32H31N2S.C13H24O2.Ir/c1-19-12-22(15-24(13-19)32(5,6)7)28-30-27(23(17-33)18-34-28)26-11-9-21-14-20(16-31(2,3)4)8-10-25(21)29(26)35-30;1-5-10(6-2)12(14)9-13(15)11(7-3)8-4;/h8-11,13-15,18H,16H2,1-7H3;9-11,14H,5-8H2,1-4H3;/q-1;;/b;12-9-;. The predicted octanol–water partition coefficient (Wildman–Crippen LogP) is 13.0. The maximum absolute atomic E-state index is 11.7. The van der Waals surface area contributed by atoms with Crippen LogP contribution in [-0.2, 0) is 36.7 Å². The topological polar surface area (TPSA) is 74.0 Å². The Labute approximate surface area is 323 Å². The number of aliphatic hydroxyl groups is 1. The fourth-order valence-electron chi connectivity index (χ4n) is 6.67. The summed E-state index contributed by atoms with van der Waals surface area (Å²) in [7, 11) is 0. The van der Waals surface area contributed by atoms with Crippen LogP contribution in [0.15, 0.2) is 60.5 Å². The first-order valence-corrected chi connectivity index (χ1v) is 19.0. The second kappa shape index (κ2) is 17.4. The Hall–Kier alpha value is -3.36. The van der Waals surface area contributed by atoms with Crippen molar-refractivity contribution < 1.29 is 30.0 Å². The van der Waals surface area contributed by atoms with Gasteiger partial charge < -0.3 is 10.1 Å². The minimum atomic E-state index is 0. The zero-order chi connectivity index (χ0) is 37.0. The molecule has 0 aliphatic carbocycles. The zero-order valence-electron chi connectivity index (χ0n) is 32.4. The minimum Gasteiger partial charge on any atom is -0.512 e. The molecule has 0 atom stereocenters. The Morgan fingerprint density at radius 2 is 1.55 bits per heavy atom. The van der Waals surface area contributed by atoms with Crippen LogP contribution in [0.1, 0.15) is 117 Å². The normalized spacial score (nSPS) is 12.3. The molecule has 3 aromatic carbocycles. The molecule has 5 rings (SSSR count). The van der Waals surface area contributed by atoms with Crippen LogP contribution >= 0.6 is 11.3 Å². The Morgan fingerprint density at radius 3 is 2.12 bits per heavy atom. The van der Waals surface area contributed by atoms with Crippen molar-refractivity contribution in [3.63, 3.8) is 0 Å². The molecule has 2 aromatic heterocycles. The Bertz CT molecular complexity index is 2060. The van der Waals surface area contributed by atoms with E-state index in [1.165, 1.54) is 32.7 Å². The van der Waals surface area contributed by atoms with Crippen LogP contribution in [0, 0.1) is 41.6 Å². The molecule has 4 nitrogen and oxygen atoms in total. The van der Waals surface area contributed by atoms with Crippen molar-refractivity contribution in [1.29, 1.82) is 5.26 Å². The smallest absolute Gasteiger partial charge is 0.162 e. The first-order chi connectivity index (χ1) is 23.5. The van der Waals surface area contributed by atoms with Gasteiger partial charge in [0.15, 0.2) is 5.78 Å². The van der Waals surface area contributed by atoms with Crippen molar-refractivity contribution >= 4 is 48.1 Å². The van der Waals surface area contributed by atoms with E-state index in [1.54, 1.807) is 17.5 Å². The fraction of sp³-hybridized carbons (Fsp3) is 0.444. The molecule has 0 amide bonds. The van der Waals surface area contributed by atoms with Gasteiger partial charge in [-0.1, -0.05) is 106 Å². The quantitative estimate of drug-likeness (QED) is 0.0909. The number of thiophene rings is 1. The number of pyridine rings is 1. The number of hydrogen-bond donors (Lipinski definition) is 1. The molecule has 0 unspecified atom stereocenters. The fourth-order valence-corrected chi connectivity index (χ4v) is 8.03. The summed E-state index contributed by atoms with van der Waals surface area (Å²) < 4.78 is 2.28. The summed E-state index contributed by atoms with van der Waals surface area (Å²) in [4.78, 5) is 16.5. The summed E-state index contributed by atoms with van der Waals surface area (Å²) in [5.74, 6) is 0.547. The number of nitrogens with zero attached hydrogens (tertiary/aromatic N) is 2. The van der Waals surface area contributed by atoms with E-state index in [2.05, 4.69) is 103 Å². The van der Waals surface area contributed by atoms with Crippen LogP contribution in [0.4, 0.5) is 0 Å². The number of nitriles is 1.